The molecule has 2 aromatic rings. The number of anilines is 1. The van der Waals surface area contributed by atoms with Gasteiger partial charge < -0.3 is 9.64 Å². The Bertz CT molecular complexity index is 929. The summed E-state index contributed by atoms with van der Waals surface area (Å²) in [6.45, 7) is 1.98. The van der Waals surface area contributed by atoms with Gasteiger partial charge in [-0.2, -0.15) is 4.31 Å². The quantitative estimate of drug-likeness (QED) is 0.692. The van der Waals surface area contributed by atoms with E-state index in [2.05, 4.69) is 10.2 Å². The fourth-order valence-corrected chi connectivity index (χ4v) is 4.35. The standard InChI is InChI=1S/C18H22N4O4S/c1-13(23)14-5-4-6-16(11-14)27(24,25)22-10-9-15(12-22)26-18-8-7-17(19-20-18)21(2)3/h4-8,11,15H,9-10,12H2,1-3H3. The van der Waals surface area contributed by atoms with Crippen molar-refractivity contribution in [2.45, 2.75) is 24.3 Å². The molecule has 0 bridgehead atoms. The van der Waals surface area contributed by atoms with Crippen LogP contribution in [0.25, 0.3) is 0 Å². The van der Waals surface area contributed by atoms with Gasteiger partial charge in [-0.25, -0.2) is 8.42 Å². The first-order valence-electron chi connectivity index (χ1n) is 8.56. The maximum absolute atomic E-state index is 12.9. The molecule has 3 rings (SSSR count). The van der Waals surface area contributed by atoms with Crippen LogP contribution in [0.3, 0.4) is 0 Å². The zero-order chi connectivity index (χ0) is 19.6. The highest BCUT2D eigenvalue weighted by Gasteiger charge is 2.34. The Labute approximate surface area is 158 Å². The zero-order valence-corrected chi connectivity index (χ0v) is 16.3. The number of sulfonamides is 1. The van der Waals surface area contributed by atoms with Crippen molar-refractivity contribution in [3.8, 4) is 5.88 Å². The summed E-state index contributed by atoms with van der Waals surface area (Å²) in [5.41, 5.74) is 0.374. The van der Waals surface area contributed by atoms with E-state index < -0.39 is 10.0 Å². The number of aromatic nitrogens is 2. The first-order chi connectivity index (χ1) is 12.8. The minimum Gasteiger partial charge on any atom is -0.472 e. The second kappa shape index (κ2) is 7.61. The second-order valence-corrected chi connectivity index (χ2v) is 8.54. The number of ketones is 1. The molecule has 0 amide bonds. The van der Waals surface area contributed by atoms with Gasteiger partial charge in [0, 0.05) is 32.3 Å². The molecule has 2 heterocycles. The van der Waals surface area contributed by atoms with E-state index in [1.807, 2.05) is 19.0 Å². The predicted octanol–water partition coefficient (Wildman–Crippen LogP) is 1.59. The first-order valence-corrected chi connectivity index (χ1v) is 10.0. The summed E-state index contributed by atoms with van der Waals surface area (Å²) in [6, 6.07) is 9.61. The fourth-order valence-electron chi connectivity index (χ4n) is 2.82. The van der Waals surface area contributed by atoms with Crippen LogP contribution >= 0.6 is 0 Å². The molecule has 0 radical (unpaired) electrons. The lowest BCUT2D eigenvalue weighted by atomic mass is 10.2. The molecule has 0 saturated carbocycles. The van der Waals surface area contributed by atoms with Gasteiger partial charge in [0.05, 0.1) is 11.4 Å². The van der Waals surface area contributed by atoms with Gasteiger partial charge in [0.25, 0.3) is 0 Å². The third-order valence-electron chi connectivity index (χ3n) is 4.36. The molecule has 144 valence electrons. The van der Waals surface area contributed by atoms with Crippen LogP contribution in [-0.2, 0) is 10.0 Å². The van der Waals surface area contributed by atoms with Crippen LogP contribution in [0.4, 0.5) is 5.82 Å². The Kier molecular flexibility index (Phi) is 5.43. The second-order valence-electron chi connectivity index (χ2n) is 6.60. The van der Waals surface area contributed by atoms with Crippen molar-refractivity contribution in [2.75, 3.05) is 32.1 Å². The predicted molar refractivity (Wildman–Crippen MR) is 101 cm³/mol. The lowest BCUT2D eigenvalue weighted by Gasteiger charge is -2.17. The van der Waals surface area contributed by atoms with Crippen molar-refractivity contribution >= 4 is 21.6 Å². The van der Waals surface area contributed by atoms with Crippen molar-refractivity contribution in [3.05, 3.63) is 42.0 Å². The largest absolute Gasteiger partial charge is 0.472 e. The van der Waals surface area contributed by atoms with E-state index in [-0.39, 0.29) is 23.3 Å². The molecule has 1 aliphatic rings. The summed E-state index contributed by atoms with van der Waals surface area (Å²) in [5, 5.41) is 8.07. The summed E-state index contributed by atoms with van der Waals surface area (Å²) >= 11 is 0. The Hall–Kier alpha value is -2.52. The van der Waals surface area contributed by atoms with E-state index in [0.29, 0.717) is 30.2 Å². The molecular formula is C18H22N4O4S. The number of benzene rings is 1. The number of ether oxygens (including phenoxy) is 1. The molecule has 0 spiro atoms. The van der Waals surface area contributed by atoms with Gasteiger partial charge in [-0.05, 0) is 31.5 Å². The summed E-state index contributed by atoms with van der Waals surface area (Å²) < 4.78 is 32.9. The van der Waals surface area contributed by atoms with Crippen molar-refractivity contribution in [3.63, 3.8) is 0 Å². The molecule has 1 saturated heterocycles. The molecule has 1 aromatic carbocycles. The number of carbonyl (C=O) groups excluding carboxylic acids is 1. The lowest BCUT2D eigenvalue weighted by Crippen LogP contribution is -2.31. The normalized spacial score (nSPS) is 17.7. The van der Waals surface area contributed by atoms with Gasteiger partial charge in [-0.15, -0.1) is 10.2 Å². The maximum Gasteiger partial charge on any atom is 0.243 e. The lowest BCUT2D eigenvalue weighted by molar-refractivity contribution is 0.101. The maximum atomic E-state index is 12.9. The number of nitrogens with zero attached hydrogens (tertiary/aromatic N) is 4. The van der Waals surface area contributed by atoms with Gasteiger partial charge in [-0.1, -0.05) is 12.1 Å². The van der Waals surface area contributed by atoms with E-state index in [0.717, 1.165) is 0 Å². The summed E-state index contributed by atoms with van der Waals surface area (Å²) in [5.74, 6) is 0.904. The van der Waals surface area contributed by atoms with Gasteiger partial charge >= 0.3 is 0 Å². The van der Waals surface area contributed by atoms with Crippen molar-refractivity contribution in [1.82, 2.24) is 14.5 Å². The number of hydrogen-bond acceptors (Lipinski definition) is 7. The highest BCUT2D eigenvalue weighted by Crippen LogP contribution is 2.24. The van der Waals surface area contributed by atoms with E-state index in [4.69, 9.17) is 4.74 Å². The zero-order valence-electron chi connectivity index (χ0n) is 15.5. The van der Waals surface area contributed by atoms with Crippen molar-refractivity contribution in [1.29, 1.82) is 0 Å². The minimum absolute atomic E-state index is 0.117. The number of Topliss-reactive ketones (excluding diaryl/α,β-unsaturated/α-hetero) is 1. The van der Waals surface area contributed by atoms with Crippen LogP contribution in [0.2, 0.25) is 0 Å². The molecule has 0 aliphatic carbocycles. The summed E-state index contributed by atoms with van der Waals surface area (Å²) in [7, 11) is 0.0534. The highest BCUT2D eigenvalue weighted by molar-refractivity contribution is 7.89. The van der Waals surface area contributed by atoms with E-state index >= 15 is 0 Å². The average Bonchev–Trinajstić information content (AvgIpc) is 3.11. The van der Waals surface area contributed by atoms with Crippen molar-refractivity contribution < 1.29 is 17.9 Å². The molecule has 0 N–H and O–H groups in total. The van der Waals surface area contributed by atoms with E-state index in [1.54, 1.807) is 24.3 Å². The smallest absolute Gasteiger partial charge is 0.243 e. The topological polar surface area (TPSA) is 92.7 Å². The molecule has 27 heavy (non-hydrogen) atoms. The van der Waals surface area contributed by atoms with Crippen LogP contribution in [0.15, 0.2) is 41.3 Å². The Morgan fingerprint density at radius 3 is 2.63 bits per heavy atom. The summed E-state index contributed by atoms with van der Waals surface area (Å²) in [6.07, 6.45) is 0.262. The third kappa shape index (κ3) is 4.25. The SMILES string of the molecule is CC(=O)c1cccc(S(=O)(=O)N2CCC(Oc3ccc(N(C)C)nn3)C2)c1. The third-order valence-corrected chi connectivity index (χ3v) is 6.22. The monoisotopic (exact) mass is 390 g/mol. The first kappa shape index (κ1) is 19.2. The van der Waals surface area contributed by atoms with Crippen LogP contribution in [0.5, 0.6) is 5.88 Å². The van der Waals surface area contributed by atoms with Gasteiger partial charge in [0.2, 0.25) is 15.9 Å². The number of carbonyl (C=O) groups is 1. The Morgan fingerprint density at radius 1 is 1.22 bits per heavy atom. The van der Waals surface area contributed by atoms with Crippen molar-refractivity contribution in [2.24, 2.45) is 0 Å². The fraction of sp³-hybridized carbons (Fsp3) is 0.389. The molecule has 9 heteroatoms. The summed E-state index contributed by atoms with van der Waals surface area (Å²) in [4.78, 5) is 13.5. The van der Waals surface area contributed by atoms with E-state index in [9.17, 15) is 13.2 Å². The Morgan fingerprint density at radius 2 is 2.00 bits per heavy atom. The average molecular weight is 390 g/mol. The molecule has 1 aliphatic heterocycles. The highest BCUT2D eigenvalue weighted by atomic mass is 32.2. The Balaban J connectivity index is 1.69. The number of hydrogen-bond donors (Lipinski definition) is 0. The number of rotatable bonds is 6. The van der Waals surface area contributed by atoms with E-state index in [1.165, 1.54) is 23.4 Å². The molecule has 1 aromatic heterocycles. The van der Waals surface area contributed by atoms with Crippen LogP contribution in [0, 0.1) is 0 Å². The van der Waals surface area contributed by atoms with Crippen LogP contribution < -0.4 is 9.64 Å². The van der Waals surface area contributed by atoms with Gasteiger partial charge in [0.15, 0.2) is 11.6 Å². The van der Waals surface area contributed by atoms with Crippen LogP contribution in [-0.4, -0.2) is 62.0 Å². The van der Waals surface area contributed by atoms with Crippen LogP contribution in [0.1, 0.15) is 23.7 Å². The molecular weight excluding hydrogens is 368 g/mol. The molecule has 1 fully saturated rings. The minimum atomic E-state index is -3.68. The molecule has 1 atom stereocenters. The molecule has 8 nitrogen and oxygen atoms in total. The molecule has 1 unspecified atom stereocenters. The van der Waals surface area contributed by atoms with Gasteiger partial charge in [0.1, 0.15) is 6.10 Å². The van der Waals surface area contributed by atoms with Gasteiger partial charge in [-0.3, -0.25) is 4.79 Å².